The first-order valence-electron chi connectivity index (χ1n) is 34.8. The predicted molar refractivity (Wildman–Crippen MR) is 420 cm³/mol. The smallest absolute Gasteiger partial charge is 0.234 e. The Balaban J connectivity index is 1.04. The van der Waals surface area contributed by atoms with Crippen molar-refractivity contribution in [2.45, 2.75) is 17.4 Å². The van der Waals surface area contributed by atoms with Gasteiger partial charge in [0.05, 0.1) is 17.1 Å². The summed E-state index contributed by atoms with van der Waals surface area (Å²) in [6.07, 6.45) is 9.12. The van der Waals surface area contributed by atoms with Crippen molar-refractivity contribution < 1.29 is 0 Å². The minimum Gasteiger partial charge on any atom is -0.310 e. The Morgan fingerprint density at radius 2 is 0.588 bits per heavy atom. The molecule has 15 aromatic rings. The van der Waals surface area contributed by atoms with Crippen LogP contribution in [-0.2, 0) is 5.41 Å². The molecular formula is C94H68N8. The van der Waals surface area contributed by atoms with Gasteiger partial charge < -0.3 is 24.5 Å². The summed E-state index contributed by atoms with van der Waals surface area (Å²) in [5.74, 6) is 1.62. The van der Waals surface area contributed by atoms with E-state index in [1.165, 1.54) is 5.56 Å². The molecule has 484 valence electrons. The van der Waals surface area contributed by atoms with Crippen molar-refractivity contribution in [2.75, 3.05) is 24.5 Å². The van der Waals surface area contributed by atoms with E-state index in [9.17, 15) is 0 Å². The second-order valence-corrected chi connectivity index (χ2v) is 25.9. The highest BCUT2D eigenvalue weighted by Gasteiger charge is 2.53. The molecule has 102 heavy (non-hydrogen) atoms. The Labute approximate surface area is 595 Å². The van der Waals surface area contributed by atoms with Gasteiger partial charge in [0.25, 0.3) is 0 Å². The van der Waals surface area contributed by atoms with E-state index in [0.29, 0.717) is 17.6 Å². The number of aromatic nitrogens is 3. The number of para-hydroxylation sites is 8. The van der Waals surface area contributed by atoms with Crippen molar-refractivity contribution >= 4 is 79.9 Å². The molecule has 8 heteroatoms. The van der Waals surface area contributed by atoms with Crippen LogP contribution in [0.3, 0.4) is 0 Å². The summed E-state index contributed by atoms with van der Waals surface area (Å²) in [5.41, 5.74) is 21.3. The van der Waals surface area contributed by atoms with Gasteiger partial charge in [0, 0.05) is 90.9 Å². The zero-order valence-corrected chi connectivity index (χ0v) is 55.8. The minimum atomic E-state index is -1.21. The lowest BCUT2D eigenvalue weighted by molar-refractivity contribution is 0.722. The molecule has 0 saturated carbocycles. The first kappa shape index (κ1) is 60.9. The largest absolute Gasteiger partial charge is 0.310 e. The quantitative estimate of drug-likeness (QED) is 0.0894. The van der Waals surface area contributed by atoms with Gasteiger partial charge >= 0.3 is 0 Å². The number of fused-ring (bicyclic) bond motifs is 7. The fraction of sp³-hybridized carbons (Fsp3) is 0.0319. The fourth-order valence-corrected chi connectivity index (χ4v) is 15.6. The molecule has 14 aromatic carbocycles. The summed E-state index contributed by atoms with van der Waals surface area (Å²) >= 11 is 0. The fourth-order valence-electron chi connectivity index (χ4n) is 15.6. The maximum absolute atomic E-state index is 5.71. The van der Waals surface area contributed by atoms with Gasteiger partial charge in [-0.3, -0.25) is 0 Å². The molecule has 0 saturated heterocycles. The van der Waals surface area contributed by atoms with E-state index in [1.54, 1.807) is 0 Å². The van der Waals surface area contributed by atoms with E-state index in [4.69, 9.17) is 15.0 Å². The van der Waals surface area contributed by atoms with Crippen LogP contribution in [0, 0.1) is 0 Å². The number of benzene rings is 14. The summed E-state index contributed by atoms with van der Waals surface area (Å²) in [5, 5.41) is 0. The molecule has 18 rings (SSSR count). The van der Waals surface area contributed by atoms with Crippen molar-refractivity contribution in [1.82, 2.24) is 15.0 Å². The second-order valence-electron chi connectivity index (χ2n) is 25.9. The zero-order valence-electron chi connectivity index (χ0n) is 55.8. The molecule has 8 nitrogen and oxygen atoms in total. The molecule has 0 amide bonds. The van der Waals surface area contributed by atoms with Crippen molar-refractivity contribution in [3.63, 3.8) is 0 Å². The van der Waals surface area contributed by atoms with Crippen molar-refractivity contribution in [3.05, 3.63) is 428 Å². The number of nitrogens with zero attached hydrogens (tertiary/aromatic N) is 8. The third-order valence-electron chi connectivity index (χ3n) is 19.9. The monoisotopic (exact) mass is 1310 g/mol. The van der Waals surface area contributed by atoms with Gasteiger partial charge in [-0.25, -0.2) is 4.98 Å². The molecule has 1 aromatic heterocycles. The van der Waals surface area contributed by atoms with Crippen LogP contribution in [0.5, 0.6) is 0 Å². The Bertz CT molecular complexity index is 4900. The minimum absolute atomic E-state index is 0.103. The summed E-state index contributed by atoms with van der Waals surface area (Å²) in [6, 6.07) is 136. The molecule has 0 spiro atoms. The number of rotatable bonds is 17. The van der Waals surface area contributed by atoms with E-state index < -0.39 is 5.41 Å². The van der Waals surface area contributed by atoms with Gasteiger partial charge in [-0.1, -0.05) is 267 Å². The van der Waals surface area contributed by atoms with Gasteiger partial charge in [0.2, 0.25) is 5.95 Å². The lowest BCUT2D eigenvalue weighted by atomic mass is 9.66. The molecule has 2 heterocycles. The third kappa shape index (κ3) is 10.9. The SMILES string of the molecule is C1=CC2c3ccc4c(c3N(c3nc(-c5ccccc5)nc(-c5ccccc5)n3)C2C=C1)C(c1cc(N(c2ccccc2)c2ccccc2)cc(N(c2ccccc2)c2ccccc2)c1)(c1cc(N(c2ccccc2)c2ccccc2)cc(N(c2ccccc2)c2ccccc2)c1)c1ccccc1-4. The van der Waals surface area contributed by atoms with Gasteiger partial charge in [0.1, 0.15) is 0 Å². The highest BCUT2D eigenvalue weighted by atomic mass is 15.3. The van der Waals surface area contributed by atoms with Gasteiger partial charge in [0.15, 0.2) is 11.6 Å². The van der Waals surface area contributed by atoms with Crippen molar-refractivity contribution in [1.29, 1.82) is 0 Å². The molecule has 0 bridgehead atoms. The van der Waals surface area contributed by atoms with Crippen LogP contribution in [-0.4, -0.2) is 21.0 Å². The lowest BCUT2D eigenvalue weighted by Gasteiger charge is -2.40. The lowest BCUT2D eigenvalue weighted by Crippen LogP contribution is -2.34. The van der Waals surface area contributed by atoms with Crippen molar-refractivity contribution in [3.8, 4) is 33.9 Å². The van der Waals surface area contributed by atoms with Crippen molar-refractivity contribution in [2.24, 2.45) is 0 Å². The number of allylic oxidation sites excluding steroid dienone is 2. The number of anilines is 14. The summed E-state index contributed by atoms with van der Waals surface area (Å²) in [6.45, 7) is 0. The Morgan fingerprint density at radius 3 is 0.941 bits per heavy atom. The average molecular weight is 1310 g/mol. The van der Waals surface area contributed by atoms with Crippen LogP contribution in [0.1, 0.15) is 33.7 Å². The first-order valence-corrected chi connectivity index (χ1v) is 34.8. The Kier molecular flexibility index (Phi) is 15.8. The number of hydrogen-bond donors (Lipinski definition) is 0. The average Bonchev–Trinajstić information content (AvgIpc) is 1.48. The van der Waals surface area contributed by atoms with E-state index in [2.05, 4.69) is 413 Å². The van der Waals surface area contributed by atoms with Gasteiger partial charge in [-0.05, 0) is 167 Å². The molecule has 0 radical (unpaired) electrons. The topological polar surface area (TPSA) is 54.9 Å². The molecule has 0 N–H and O–H groups in total. The van der Waals surface area contributed by atoms with Crippen LogP contribution in [0.25, 0.3) is 33.9 Å². The molecule has 0 fully saturated rings. The Morgan fingerprint density at radius 1 is 0.275 bits per heavy atom. The molecule has 2 aliphatic carbocycles. The maximum Gasteiger partial charge on any atom is 0.234 e. The molecule has 2 atom stereocenters. The van der Waals surface area contributed by atoms with E-state index in [-0.39, 0.29) is 12.0 Å². The summed E-state index contributed by atoms with van der Waals surface area (Å²) < 4.78 is 0. The number of hydrogen-bond acceptors (Lipinski definition) is 8. The van der Waals surface area contributed by atoms with E-state index >= 15 is 0 Å². The molecular weight excluding hydrogens is 1240 g/mol. The van der Waals surface area contributed by atoms with E-state index in [1.807, 2.05) is 12.1 Å². The summed E-state index contributed by atoms with van der Waals surface area (Å²) in [7, 11) is 0. The van der Waals surface area contributed by atoms with Gasteiger partial charge in [-0.2, -0.15) is 9.97 Å². The summed E-state index contributed by atoms with van der Waals surface area (Å²) in [4.78, 5) is 28.9. The predicted octanol–water partition coefficient (Wildman–Crippen LogP) is 24.2. The standard InChI is InChI=1S/C94H68N8/c1-11-35-67(36-12-1)91-95-92(68-37-13-2-14-38-68)97-93(96-91)102-88-58-34-32-56-84(88)86-60-59-85-83-55-31-33-57-87(83)94(89(85)90(86)102,69-61-79(98(71-39-15-3-16-40-71)72-41-17-4-18-42-72)65-80(62-69)99(73-43-19-5-20-44-73)74-45-21-6-22-46-74)70-63-81(100(75-47-23-7-24-48-75)76-49-25-8-26-50-76)66-82(64-70)101(77-51-27-9-28-52-77)78-53-29-10-30-54-78/h1-66,84,88H. The van der Waals surface area contributed by atoms with Crippen LogP contribution in [0.15, 0.2) is 400 Å². The highest BCUT2D eigenvalue weighted by Crippen LogP contribution is 2.65. The van der Waals surface area contributed by atoms with Crippen LogP contribution < -0.4 is 24.5 Å². The van der Waals surface area contributed by atoms with E-state index in [0.717, 1.165) is 118 Å². The normalized spacial score (nSPS) is 14.3. The van der Waals surface area contributed by atoms with Crippen LogP contribution in [0.2, 0.25) is 0 Å². The molecule has 1 aliphatic heterocycles. The second kappa shape index (κ2) is 26.4. The zero-order chi connectivity index (χ0) is 67.8. The van der Waals surface area contributed by atoms with Crippen LogP contribution >= 0.6 is 0 Å². The van der Waals surface area contributed by atoms with Crippen LogP contribution in [0.4, 0.5) is 79.9 Å². The molecule has 3 aliphatic rings. The third-order valence-corrected chi connectivity index (χ3v) is 19.9. The van der Waals surface area contributed by atoms with Gasteiger partial charge in [-0.15, -0.1) is 0 Å². The maximum atomic E-state index is 5.71. The Hall–Kier alpha value is -13.4. The highest BCUT2D eigenvalue weighted by molar-refractivity contribution is 5.98. The molecule has 2 unspecified atom stereocenters. The first-order chi connectivity index (χ1) is 50.6.